The van der Waals surface area contributed by atoms with Crippen molar-refractivity contribution in [2.75, 3.05) is 13.6 Å². The molecule has 0 aliphatic heterocycles. The van der Waals surface area contributed by atoms with Gasteiger partial charge in [-0.3, -0.25) is 0 Å². The van der Waals surface area contributed by atoms with E-state index in [-0.39, 0.29) is 0 Å². The Morgan fingerprint density at radius 3 is 2.68 bits per heavy atom. The molecule has 0 radical (unpaired) electrons. The van der Waals surface area contributed by atoms with E-state index in [0.29, 0.717) is 11.8 Å². The highest BCUT2D eigenvalue weighted by Gasteiger charge is 2.19. The highest BCUT2D eigenvalue weighted by molar-refractivity contribution is 5.58. The molecular weight excluding hydrogens is 236 g/mol. The molecule has 2 heterocycles. The van der Waals surface area contributed by atoms with Crippen LogP contribution in [0.2, 0.25) is 0 Å². The summed E-state index contributed by atoms with van der Waals surface area (Å²) >= 11 is 0. The lowest BCUT2D eigenvalue weighted by molar-refractivity contribution is 0.457. The number of hydrogen-bond acceptors (Lipinski definition) is 3. The van der Waals surface area contributed by atoms with Gasteiger partial charge in [0.1, 0.15) is 5.82 Å². The van der Waals surface area contributed by atoms with E-state index in [1.54, 1.807) is 0 Å². The van der Waals surface area contributed by atoms with E-state index in [1.807, 2.05) is 38.5 Å². The Hall–Kier alpha value is -1.68. The van der Waals surface area contributed by atoms with Gasteiger partial charge in [0.15, 0.2) is 0 Å². The summed E-state index contributed by atoms with van der Waals surface area (Å²) in [6, 6.07) is 4.07. The van der Waals surface area contributed by atoms with E-state index in [0.717, 1.165) is 29.3 Å². The quantitative estimate of drug-likeness (QED) is 0.867. The number of H-pyrrole nitrogens is 1. The van der Waals surface area contributed by atoms with Crippen molar-refractivity contribution in [1.82, 2.24) is 20.3 Å². The highest BCUT2D eigenvalue weighted by atomic mass is 14.9. The van der Waals surface area contributed by atoms with Crippen LogP contribution in [0.4, 0.5) is 0 Å². The second kappa shape index (κ2) is 5.97. The number of rotatable bonds is 5. The number of hydrogen-bond donors (Lipinski definition) is 2. The van der Waals surface area contributed by atoms with Crippen LogP contribution >= 0.6 is 0 Å². The van der Waals surface area contributed by atoms with E-state index in [4.69, 9.17) is 4.98 Å². The van der Waals surface area contributed by atoms with Crippen molar-refractivity contribution >= 4 is 0 Å². The molecule has 0 aliphatic rings. The number of likely N-dealkylation sites (N-methyl/N-ethyl adjacent to an activating group) is 1. The minimum absolute atomic E-state index is 0.336. The van der Waals surface area contributed by atoms with Crippen LogP contribution < -0.4 is 5.32 Å². The first kappa shape index (κ1) is 13.7. The molecule has 4 heteroatoms. The van der Waals surface area contributed by atoms with Crippen LogP contribution in [0.15, 0.2) is 24.5 Å². The van der Waals surface area contributed by atoms with Gasteiger partial charge in [-0.25, -0.2) is 9.97 Å². The fourth-order valence-corrected chi connectivity index (χ4v) is 2.23. The third-order valence-corrected chi connectivity index (χ3v) is 3.33. The molecule has 0 saturated heterocycles. The summed E-state index contributed by atoms with van der Waals surface area (Å²) in [5.74, 6) is 1.77. The van der Waals surface area contributed by atoms with Crippen molar-refractivity contribution in [2.24, 2.45) is 5.92 Å². The first-order chi connectivity index (χ1) is 9.11. The SMILES string of the molecule is CNCC(c1nc(C)cc(-c2cc[nH]c2)n1)C(C)C. The molecule has 1 atom stereocenters. The molecule has 0 bridgehead atoms. The Bertz CT molecular complexity index is 517. The molecular formula is C15H22N4. The largest absolute Gasteiger partial charge is 0.367 e. The van der Waals surface area contributed by atoms with E-state index in [2.05, 4.69) is 29.1 Å². The Balaban J connectivity index is 2.40. The van der Waals surface area contributed by atoms with Crippen molar-refractivity contribution in [3.05, 3.63) is 36.0 Å². The molecule has 2 rings (SSSR count). The van der Waals surface area contributed by atoms with Crippen molar-refractivity contribution in [1.29, 1.82) is 0 Å². The van der Waals surface area contributed by atoms with Crippen LogP contribution in [0.3, 0.4) is 0 Å². The van der Waals surface area contributed by atoms with Gasteiger partial charge in [0.25, 0.3) is 0 Å². The normalized spacial score (nSPS) is 12.9. The van der Waals surface area contributed by atoms with Crippen LogP contribution in [0.25, 0.3) is 11.3 Å². The maximum Gasteiger partial charge on any atom is 0.133 e. The van der Waals surface area contributed by atoms with Gasteiger partial charge in [-0.15, -0.1) is 0 Å². The molecule has 0 aliphatic carbocycles. The van der Waals surface area contributed by atoms with Crippen LogP contribution in [0.5, 0.6) is 0 Å². The summed E-state index contributed by atoms with van der Waals surface area (Å²) in [6.45, 7) is 7.35. The molecule has 4 nitrogen and oxygen atoms in total. The molecule has 0 spiro atoms. The zero-order chi connectivity index (χ0) is 13.8. The van der Waals surface area contributed by atoms with Gasteiger partial charge in [0, 0.05) is 36.1 Å². The molecule has 102 valence electrons. The molecule has 2 N–H and O–H groups in total. The topological polar surface area (TPSA) is 53.6 Å². The number of aromatic nitrogens is 3. The Labute approximate surface area is 114 Å². The molecule has 0 amide bonds. The van der Waals surface area contributed by atoms with E-state index >= 15 is 0 Å². The number of nitrogens with zero attached hydrogens (tertiary/aromatic N) is 2. The fraction of sp³-hybridized carbons (Fsp3) is 0.467. The van der Waals surface area contributed by atoms with Crippen molar-refractivity contribution < 1.29 is 0 Å². The summed E-state index contributed by atoms with van der Waals surface area (Å²) in [5.41, 5.74) is 3.12. The maximum atomic E-state index is 4.75. The summed E-state index contributed by atoms with van der Waals surface area (Å²) in [4.78, 5) is 12.4. The lowest BCUT2D eigenvalue weighted by atomic mass is 9.94. The molecule has 2 aromatic heterocycles. The predicted molar refractivity (Wildman–Crippen MR) is 78.1 cm³/mol. The van der Waals surface area contributed by atoms with Crippen molar-refractivity contribution in [2.45, 2.75) is 26.7 Å². The molecule has 19 heavy (non-hydrogen) atoms. The second-order valence-electron chi connectivity index (χ2n) is 5.26. The minimum Gasteiger partial charge on any atom is -0.367 e. The smallest absolute Gasteiger partial charge is 0.133 e. The zero-order valence-electron chi connectivity index (χ0n) is 12.1. The Kier molecular flexibility index (Phi) is 4.32. The fourth-order valence-electron chi connectivity index (χ4n) is 2.23. The first-order valence-electron chi connectivity index (χ1n) is 6.75. The summed E-state index contributed by atoms with van der Waals surface area (Å²) in [6.07, 6.45) is 3.88. The van der Waals surface area contributed by atoms with Crippen molar-refractivity contribution in [3.8, 4) is 11.3 Å². The average Bonchev–Trinajstić information content (AvgIpc) is 2.88. The standard InChI is InChI=1S/C15H22N4/c1-10(2)13(9-16-4)15-18-11(3)7-14(19-15)12-5-6-17-8-12/h5-8,10,13,16-17H,9H2,1-4H3. The molecule has 0 aromatic carbocycles. The lowest BCUT2D eigenvalue weighted by Crippen LogP contribution is -2.23. The molecule has 0 fully saturated rings. The summed E-state index contributed by atoms with van der Waals surface area (Å²) < 4.78 is 0. The van der Waals surface area contributed by atoms with Gasteiger partial charge in [-0.2, -0.15) is 0 Å². The van der Waals surface area contributed by atoms with Crippen LogP contribution in [0, 0.1) is 12.8 Å². The summed E-state index contributed by atoms with van der Waals surface area (Å²) in [5, 5.41) is 3.24. The molecule has 0 saturated carbocycles. The third kappa shape index (κ3) is 3.20. The second-order valence-corrected chi connectivity index (χ2v) is 5.26. The zero-order valence-corrected chi connectivity index (χ0v) is 12.1. The van der Waals surface area contributed by atoms with Gasteiger partial charge in [0.2, 0.25) is 0 Å². The van der Waals surface area contributed by atoms with E-state index < -0.39 is 0 Å². The van der Waals surface area contributed by atoms with Gasteiger partial charge >= 0.3 is 0 Å². The van der Waals surface area contributed by atoms with E-state index in [1.165, 1.54) is 0 Å². The number of nitrogens with one attached hydrogen (secondary N) is 2. The first-order valence-corrected chi connectivity index (χ1v) is 6.75. The third-order valence-electron chi connectivity index (χ3n) is 3.33. The Morgan fingerprint density at radius 2 is 2.11 bits per heavy atom. The Morgan fingerprint density at radius 1 is 1.32 bits per heavy atom. The minimum atomic E-state index is 0.336. The van der Waals surface area contributed by atoms with Gasteiger partial charge < -0.3 is 10.3 Å². The maximum absolute atomic E-state index is 4.75. The number of aryl methyl sites for hydroxylation is 1. The lowest BCUT2D eigenvalue weighted by Gasteiger charge is -2.20. The highest BCUT2D eigenvalue weighted by Crippen LogP contribution is 2.24. The van der Waals surface area contributed by atoms with Gasteiger partial charge in [-0.1, -0.05) is 13.8 Å². The van der Waals surface area contributed by atoms with Crippen molar-refractivity contribution in [3.63, 3.8) is 0 Å². The molecule has 1 unspecified atom stereocenters. The average molecular weight is 258 g/mol. The number of aromatic amines is 1. The van der Waals surface area contributed by atoms with Crippen LogP contribution in [0.1, 0.15) is 31.3 Å². The van der Waals surface area contributed by atoms with Gasteiger partial charge in [-0.05, 0) is 32.0 Å². The summed E-state index contributed by atoms with van der Waals surface area (Å²) in [7, 11) is 1.97. The monoisotopic (exact) mass is 258 g/mol. The molecule has 2 aromatic rings. The van der Waals surface area contributed by atoms with E-state index in [9.17, 15) is 0 Å². The van der Waals surface area contributed by atoms with Crippen LogP contribution in [-0.4, -0.2) is 28.5 Å². The van der Waals surface area contributed by atoms with Crippen LogP contribution in [-0.2, 0) is 0 Å². The predicted octanol–water partition coefficient (Wildman–Crippen LogP) is 2.74. The van der Waals surface area contributed by atoms with Gasteiger partial charge in [0.05, 0.1) is 5.69 Å².